The fraction of sp³-hybridized carbons (Fsp3) is 0.769. The fourth-order valence-electron chi connectivity index (χ4n) is 1.84. The van der Waals surface area contributed by atoms with E-state index in [4.69, 9.17) is 0 Å². The molecule has 0 amide bonds. The Morgan fingerprint density at radius 3 is 2.44 bits per heavy atom. The molecular weight excluding hydrogens is 264 g/mol. The summed E-state index contributed by atoms with van der Waals surface area (Å²) in [6.07, 6.45) is 5.49. The highest BCUT2D eigenvalue weighted by molar-refractivity contribution is 9.09. The maximum atomic E-state index is 4.67. The van der Waals surface area contributed by atoms with Crippen molar-refractivity contribution in [3.05, 3.63) is 18.0 Å². The molecule has 0 aliphatic carbocycles. The molecule has 1 aromatic heterocycles. The van der Waals surface area contributed by atoms with Crippen molar-refractivity contribution in [2.45, 2.75) is 57.8 Å². The summed E-state index contributed by atoms with van der Waals surface area (Å²) in [7, 11) is 0. The number of aromatic nitrogens is 2. The molecule has 16 heavy (non-hydrogen) atoms. The molecule has 2 nitrogen and oxygen atoms in total. The van der Waals surface area contributed by atoms with E-state index in [-0.39, 0.29) is 0 Å². The number of rotatable bonds is 6. The lowest BCUT2D eigenvalue weighted by atomic mass is 10.0. The van der Waals surface area contributed by atoms with Crippen molar-refractivity contribution >= 4 is 15.9 Å². The van der Waals surface area contributed by atoms with Crippen LogP contribution in [-0.4, -0.2) is 14.6 Å². The van der Waals surface area contributed by atoms with Crippen LogP contribution in [0.15, 0.2) is 12.3 Å². The average molecular weight is 287 g/mol. The highest BCUT2D eigenvalue weighted by Gasteiger charge is 2.13. The van der Waals surface area contributed by atoms with Gasteiger partial charge in [-0.15, -0.1) is 0 Å². The molecule has 0 aliphatic rings. The van der Waals surface area contributed by atoms with Gasteiger partial charge in [0.15, 0.2) is 0 Å². The Bertz CT molecular complexity index is 303. The number of alkyl halides is 1. The Labute approximate surface area is 108 Å². The molecule has 1 heterocycles. The first-order chi connectivity index (χ1) is 7.58. The molecule has 0 aliphatic heterocycles. The molecule has 0 spiro atoms. The number of nitrogens with zero attached hydrogens (tertiary/aromatic N) is 2. The van der Waals surface area contributed by atoms with E-state index >= 15 is 0 Å². The molecule has 0 aromatic carbocycles. The third-order valence-corrected chi connectivity index (χ3v) is 4.20. The van der Waals surface area contributed by atoms with Gasteiger partial charge in [0.05, 0.1) is 11.7 Å². The van der Waals surface area contributed by atoms with E-state index in [1.807, 2.05) is 0 Å². The van der Waals surface area contributed by atoms with Gasteiger partial charge < -0.3 is 0 Å². The van der Waals surface area contributed by atoms with Crippen LogP contribution in [0.1, 0.15) is 52.3 Å². The van der Waals surface area contributed by atoms with E-state index in [0.29, 0.717) is 16.8 Å². The summed E-state index contributed by atoms with van der Waals surface area (Å²) >= 11 is 3.63. The van der Waals surface area contributed by atoms with Gasteiger partial charge in [0, 0.05) is 11.0 Å². The summed E-state index contributed by atoms with van der Waals surface area (Å²) in [5.74, 6) is 0.630. The molecule has 1 aromatic rings. The highest BCUT2D eigenvalue weighted by atomic mass is 79.9. The molecule has 0 saturated heterocycles. The number of hydrogen-bond donors (Lipinski definition) is 0. The van der Waals surface area contributed by atoms with Gasteiger partial charge in [-0.05, 0) is 31.2 Å². The molecule has 0 N–H and O–H groups in total. The van der Waals surface area contributed by atoms with Crippen molar-refractivity contribution in [3.8, 4) is 0 Å². The molecule has 0 fully saturated rings. The maximum absolute atomic E-state index is 4.67. The van der Waals surface area contributed by atoms with Gasteiger partial charge in [0.1, 0.15) is 0 Å². The Kier molecular flexibility index (Phi) is 5.53. The smallest absolute Gasteiger partial charge is 0.0627 e. The third kappa shape index (κ3) is 3.62. The Morgan fingerprint density at radius 1 is 1.31 bits per heavy atom. The predicted octanol–water partition coefficient (Wildman–Crippen LogP) is 4.21. The molecule has 92 valence electrons. The quantitative estimate of drug-likeness (QED) is 0.717. The van der Waals surface area contributed by atoms with Crippen molar-refractivity contribution < 1.29 is 0 Å². The van der Waals surface area contributed by atoms with E-state index in [9.17, 15) is 0 Å². The van der Waals surface area contributed by atoms with Gasteiger partial charge in [0.25, 0.3) is 0 Å². The molecule has 2 atom stereocenters. The van der Waals surface area contributed by atoms with Crippen molar-refractivity contribution in [2.24, 2.45) is 5.92 Å². The van der Waals surface area contributed by atoms with E-state index in [1.165, 1.54) is 5.69 Å². The van der Waals surface area contributed by atoms with Gasteiger partial charge in [-0.1, -0.05) is 43.6 Å². The van der Waals surface area contributed by atoms with Crippen LogP contribution in [-0.2, 0) is 6.42 Å². The van der Waals surface area contributed by atoms with Crippen molar-refractivity contribution in [1.29, 1.82) is 0 Å². The Morgan fingerprint density at radius 2 is 1.94 bits per heavy atom. The van der Waals surface area contributed by atoms with Crippen molar-refractivity contribution in [3.63, 3.8) is 0 Å². The summed E-state index contributed by atoms with van der Waals surface area (Å²) in [5, 5.41) is 4.67. The average Bonchev–Trinajstić information content (AvgIpc) is 2.68. The largest absolute Gasteiger partial charge is 0.269 e. The van der Waals surface area contributed by atoms with Gasteiger partial charge >= 0.3 is 0 Å². The zero-order valence-electron chi connectivity index (χ0n) is 10.8. The van der Waals surface area contributed by atoms with Crippen LogP contribution in [0.25, 0.3) is 0 Å². The minimum absolute atomic E-state index is 0.547. The lowest BCUT2D eigenvalue weighted by Gasteiger charge is -2.14. The Balaban J connectivity index is 2.64. The van der Waals surface area contributed by atoms with Crippen molar-refractivity contribution in [1.82, 2.24) is 9.78 Å². The van der Waals surface area contributed by atoms with Gasteiger partial charge in [-0.3, -0.25) is 4.68 Å². The normalized spacial score (nSPS) is 15.4. The van der Waals surface area contributed by atoms with E-state index < -0.39 is 0 Å². The van der Waals surface area contributed by atoms with Gasteiger partial charge in [0.2, 0.25) is 0 Å². The summed E-state index contributed by atoms with van der Waals surface area (Å²) in [4.78, 5) is 0.547. The second-order valence-corrected chi connectivity index (χ2v) is 6.06. The molecular formula is C13H23BrN2. The lowest BCUT2D eigenvalue weighted by molar-refractivity contribution is 0.422. The summed E-state index contributed by atoms with van der Waals surface area (Å²) in [5.41, 5.74) is 1.21. The standard InChI is InChI=1S/C13H23BrN2/c1-5-13(6-2)16-8-7-12(15-16)9-10(3)11(4)14/h7-8,10-11,13H,5-6,9H2,1-4H3. The molecule has 0 saturated carbocycles. The van der Waals surface area contributed by atoms with Crippen LogP contribution < -0.4 is 0 Å². The van der Waals surface area contributed by atoms with Crippen LogP contribution in [0.5, 0.6) is 0 Å². The van der Waals surface area contributed by atoms with E-state index in [0.717, 1.165) is 19.3 Å². The molecule has 3 heteroatoms. The molecule has 0 radical (unpaired) electrons. The summed E-state index contributed by atoms with van der Waals surface area (Å²) in [6.45, 7) is 8.90. The van der Waals surface area contributed by atoms with E-state index in [1.54, 1.807) is 0 Å². The van der Waals surface area contributed by atoms with Crippen molar-refractivity contribution in [2.75, 3.05) is 0 Å². The van der Waals surface area contributed by atoms with Crippen LogP contribution in [0.2, 0.25) is 0 Å². The zero-order valence-corrected chi connectivity index (χ0v) is 12.4. The Hall–Kier alpha value is -0.310. The predicted molar refractivity (Wildman–Crippen MR) is 73.1 cm³/mol. The summed E-state index contributed by atoms with van der Waals surface area (Å²) < 4.78 is 2.13. The van der Waals surface area contributed by atoms with Crippen LogP contribution in [0.4, 0.5) is 0 Å². The minimum Gasteiger partial charge on any atom is -0.269 e. The number of halogens is 1. The fourth-order valence-corrected chi connectivity index (χ4v) is 2.03. The third-order valence-electron chi connectivity index (χ3n) is 3.30. The minimum atomic E-state index is 0.547. The first-order valence-corrected chi connectivity index (χ1v) is 7.18. The topological polar surface area (TPSA) is 17.8 Å². The van der Waals surface area contributed by atoms with Crippen LogP contribution >= 0.6 is 15.9 Å². The first-order valence-electron chi connectivity index (χ1n) is 6.26. The maximum Gasteiger partial charge on any atom is 0.0627 e. The van der Waals surface area contributed by atoms with Gasteiger partial charge in [-0.25, -0.2) is 0 Å². The molecule has 0 bridgehead atoms. The van der Waals surface area contributed by atoms with Crippen LogP contribution in [0, 0.1) is 5.92 Å². The highest BCUT2D eigenvalue weighted by Crippen LogP contribution is 2.19. The van der Waals surface area contributed by atoms with Crippen LogP contribution in [0.3, 0.4) is 0 Å². The molecule has 1 rings (SSSR count). The zero-order chi connectivity index (χ0) is 12.1. The summed E-state index contributed by atoms with van der Waals surface area (Å²) in [6, 6.07) is 2.72. The number of hydrogen-bond acceptors (Lipinski definition) is 1. The van der Waals surface area contributed by atoms with Gasteiger partial charge in [-0.2, -0.15) is 5.10 Å². The second-order valence-electron chi connectivity index (χ2n) is 4.62. The second kappa shape index (κ2) is 6.43. The lowest BCUT2D eigenvalue weighted by Crippen LogP contribution is -2.12. The SMILES string of the molecule is CCC(CC)n1ccc(CC(C)C(C)Br)n1. The molecule has 2 unspecified atom stereocenters. The van der Waals surface area contributed by atoms with E-state index in [2.05, 4.69) is 65.7 Å². The monoisotopic (exact) mass is 286 g/mol. The first kappa shape index (κ1) is 13.8.